The molecule has 2 nitrogen and oxygen atoms in total. The van der Waals surface area contributed by atoms with Gasteiger partial charge in [0, 0.05) is 11.3 Å². The molecule has 3 N–H and O–H groups in total. The zero-order chi connectivity index (χ0) is 12.3. The first kappa shape index (κ1) is 12.6. The third-order valence-electron chi connectivity index (χ3n) is 3.36. The Balaban J connectivity index is 1.95. The number of nitrogens with two attached hydrogens (primary N) is 1. The average molecular weight is 250 g/mol. The van der Waals surface area contributed by atoms with Crippen LogP contribution in [0.3, 0.4) is 0 Å². The Morgan fingerprint density at radius 2 is 2.24 bits per heavy atom. The van der Waals surface area contributed by atoms with Crippen LogP contribution in [0.15, 0.2) is 18.2 Å². The third-order valence-corrected chi connectivity index (χ3v) is 4.59. The molecule has 2 atom stereocenters. The van der Waals surface area contributed by atoms with Crippen molar-refractivity contribution in [2.45, 2.75) is 44.4 Å². The number of hydrogen-bond acceptors (Lipinski definition) is 3. The number of thioether (sulfide) groups is 1. The monoisotopic (exact) mass is 250 g/mol. The maximum absolute atomic E-state index is 5.99. The summed E-state index contributed by atoms with van der Waals surface area (Å²) in [5, 5.41) is 4.44. The largest absolute Gasteiger partial charge is 0.397 e. The number of rotatable bonds is 4. The van der Waals surface area contributed by atoms with Crippen LogP contribution in [-0.4, -0.2) is 17.0 Å². The lowest BCUT2D eigenvalue weighted by Gasteiger charge is -2.16. The van der Waals surface area contributed by atoms with Crippen LogP contribution in [0.2, 0.25) is 0 Å². The smallest absolute Gasteiger partial charge is 0.0578 e. The maximum Gasteiger partial charge on any atom is 0.0578 e. The Labute approximate surface area is 108 Å². The topological polar surface area (TPSA) is 38.0 Å². The number of anilines is 2. The molecule has 1 aromatic carbocycles. The van der Waals surface area contributed by atoms with Gasteiger partial charge in [0.05, 0.1) is 11.4 Å². The highest BCUT2D eigenvalue weighted by molar-refractivity contribution is 7.99. The summed E-state index contributed by atoms with van der Waals surface area (Å²) in [4.78, 5) is 0. The van der Waals surface area contributed by atoms with E-state index in [-0.39, 0.29) is 0 Å². The summed E-state index contributed by atoms with van der Waals surface area (Å²) in [6.45, 7) is 4.35. The molecule has 0 radical (unpaired) electrons. The molecule has 0 bridgehead atoms. The molecule has 3 heteroatoms. The fourth-order valence-corrected chi connectivity index (χ4v) is 3.62. The van der Waals surface area contributed by atoms with Gasteiger partial charge in [-0.2, -0.15) is 11.8 Å². The van der Waals surface area contributed by atoms with Crippen molar-refractivity contribution in [3.05, 3.63) is 23.8 Å². The fourth-order valence-electron chi connectivity index (χ4n) is 2.47. The van der Waals surface area contributed by atoms with Crippen molar-refractivity contribution in [3.63, 3.8) is 0 Å². The standard InChI is InChI=1S/C14H22N2S/c1-3-17-12-6-5-11(9-12)16-14-8-10(2)4-7-13(14)15/h4,7-8,11-12,16H,3,5-6,9,15H2,1-2H3. The summed E-state index contributed by atoms with van der Waals surface area (Å²) in [6, 6.07) is 6.80. The van der Waals surface area contributed by atoms with Crippen LogP contribution < -0.4 is 11.1 Å². The van der Waals surface area contributed by atoms with Crippen molar-refractivity contribution in [1.29, 1.82) is 0 Å². The van der Waals surface area contributed by atoms with E-state index in [9.17, 15) is 0 Å². The van der Waals surface area contributed by atoms with Gasteiger partial charge in [0.1, 0.15) is 0 Å². The highest BCUT2D eigenvalue weighted by Crippen LogP contribution is 2.32. The molecule has 0 aliphatic heterocycles. The first-order valence-electron chi connectivity index (χ1n) is 6.43. The van der Waals surface area contributed by atoms with Gasteiger partial charge in [-0.05, 0) is 49.6 Å². The van der Waals surface area contributed by atoms with Gasteiger partial charge in [-0.25, -0.2) is 0 Å². The van der Waals surface area contributed by atoms with Gasteiger partial charge >= 0.3 is 0 Å². The first-order valence-corrected chi connectivity index (χ1v) is 7.48. The molecule has 2 rings (SSSR count). The Hall–Kier alpha value is -0.830. The summed E-state index contributed by atoms with van der Waals surface area (Å²) in [7, 11) is 0. The molecule has 0 aromatic heterocycles. The Bertz CT molecular complexity index is 378. The normalized spacial score (nSPS) is 23.9. The maximum atomic E-state index is 5.99. The van der Waals surface area contributed by atoms with Crippen molar-refractivity contribution in [2.75, 3.05) is 16.8 Å². The van der Waals surface area contributed by atoms with E-state index in [2.05, 4.69) is 43.1 Å². The lowest BCUT2D eigenvalue weighted by Crippen LogP contribution is -2.17. The number of nitrogens with one attached hydrogen (secondary N) is 1. The van der Waals surface area contributed by atoms with Gasteiger partial charge in [-0.3, -0.25) is 0 Å². The van der Waals surface area contributed by atoms with Crippen LogP contribution in [0.1, 0.15) is 31.7 Å². The highest BCUT2D eigenvalue weighted by atomic mass is 32.2. The average Bonchev–Trinajstić information content (AvgIpc) is 2.72. The van der Waals surface area contributed by atoms with Crippen LogP contribution in [0.4, 0.5) is 11.4 Å². The predicted molar refractivity (Wildman–Crippen MR) is 78.8 cm³/mol. The van der Waals surface area contributed by atoms with Crippen LogP contribution >= 0.6 is 11.8 Å². The molecule has 0 amide bonds. The van der Waals surface area contributed by atoms with Gasteiger partial charge in [0.15, 0.2) is 0 Å². The SMILES string of the molecule is CCSC1CCC(Nc2cc(C)ccc2N)C1. The van der Waals surface area contributed by atoms with Crippen LogP contribution in [0.25, 0.3) is 0 Å². The lowest BCUT2D eigenvalue weighted by atomic mass is 10.1. The zero-order valence-corrected chi connectivity index (χ0v) is 11.5. The minimum atomic E-state index is 0.600. The van der Waals surface area contributed by atoms with E-state index < -0.39 is 0 Å². The molecule has 1 aliphatic rings. The summed E-state index contributed by atoms with van der Waals surface area (Å²) in [6.07, 6.45) is 3.87. The van der Waals surface area contributed by atoms with Crippen molar-refractivity contribution >= 4 is 23.1 Å². The molecule has 0 spiro atoms. The van der Waals surface area contributed by atoms with Gasteiger partial charge in [0.2, 0.25) is 0 Å². The molecule has 1 aromatic rings. The van der Waals surface area contributed by atoms with Crippen LogP contribution in [-0.2, 0) is 0 Å². The predicted octanol–water partition coefficient (Wildman–Crippen LogP) is 3.66. The molecular weight excluding hydrogens is 228 g/mol. The van der Waals surface area contributed by atoms with Crippen molar-refractivity contribution in [1.82, 2.24) is 0 Å². The van der Waals surface area contributed by atoms with E-state index in [1.165, 1.54) is 30.6 Å². The Morgan fingerprint density at radius 3 is 3.00 bits per heavy atom. The molecule has 17 heavy (non-hydrogen) atoms. The quantitative estimate of drug-likeness (QED) is 0.801. The van der Waals surface area contributed by atoms with Gasteiger partial charge in [-0.15, -0.1) is 0 Å². The summed E-state index contributed by atoms with van der Waals surface area (Å²) < 4.78 is 0. The molecule has 2 unspecified atom stereocenters. The molecule has 1 saturated carbocycles. The Morgan fingerprint density at radius 1 is 1.41 bits per heavy atom. The number of nitrogen functional groups attached to an aromatic ring is 1. The van der Waals surface area contributed by atoms with Crippen LogP contribution in [0.5, 0.6) is 0 Å². The summed E-state index contributed by atoms with van der Waals surface area (Å²) >= 11 is 2.09. The Kier molecular flexibility index (Phi) is 4.21. The van der Waals surface area contributed by atoms with E-state index in [4.69, 9.17) is 5.73 Å². The fraction of sp³-hybridized carbons (Fsp3) is 0.571. The summed E-state index contributed by atoms with van der Waals surface area (Å²) in [5.41, 5.74) is 9.23. The summed E-state index contributed by atoms with van der Waals surface area (Å²) in [5.74, 6) is 1.23. The van der Waals surface area contributed by atoms with E-state index in [0.717, 1.165) is 16.6 Å². The molecule has 1 aliphatic carbocycles. The first-order chi connectivity index (χ1) is 8.19. The van der Waals surface area contributed by atoms with Crippen molar-refractivity contribution in [2.24, 2.45) is 0 Å². The van der Waals surface area contributed by atoms with E-state index >= 15 is 0 Å². The second-order valence-corrected chi connectivity index (χ2v) is 6.40. The minimum absolute atomic E-state index is 0.600. The number of hydrogen-bond donors (Lipinski definition) is 2. The highest BCUT2D eigenvalue weighted by Gasteiger charge is 2.24. The van der Waals surface area contributed by atoms with Crippen LogP contribution in [0, 0.1) is 6.92 Å². The second-order valence-electron chi connectivity index (χ2n) is 4.82. The number of aryl methyl sites for hydroxylation is 1. The van der Waals surface area contributed by atoms with E-state index in [1.54, 1.807) is 0 Å². The van der Waals surface area contributed by atoms with Gasteiger partial charge < -0.3 is 11.1 Å². The van der Waals surface area contributed by atoms with E-state index in [1.807, 2.05) is 6.07 Å². The van der Waals surface area contributed by atoms with Crippen molar-refractivity contribution in [3.8, 4) is 0 Å². The van der Waals surface area contributed by atoms with Crippen molar-refractivity contribution < 1.29 is 0 Å². The molecule has 1 fully saturated rings. The molecule has 0 saturated heterocycles. The van der Waals surface area contributed by atoms with E-state index in [0.29, 0.717) is 6.04 Å². The second kappa shape index (κ2) is 5.67. The lowest BCUT2D eigenvalue weighted by molar-refractivity contribution is 0.757. The minimum Gasteiger partial charge on any atom is -0.397 e. The molecule has 94 valence electrons. The zero-order valence-electron chi connectivity index (χ0n) is 10.7. The molecule has 0 heterocycles. The third kappa shape index (κ3) is 3.32. The van der Waals surface area contributed by atoms with Gasteiger partial charge in [-0.1, -0.05) is 13.0 Å². The molecular formula is C14H22N2S. The number of benzene rings is 1. The van der Waals surface area contributed by atoms with Gasteiger partial charge in [0.25, 0.3) is 0 Å².